The number of nitrogens with one attached hydrogen (secondary N) is 1. The molecule has 3 N–H and O–H groups in total. The van der Waals surface area contributed by atoms with Crippen molar-refractivity contribution in [3.05, 3.63) is 41.2 Å². The second-order valence-electron chi connectivity index (χ2n) is 5.23. The Kier molecular flexibility index (Phi) is 4.62. The highest BCUT2D eigenvalue weighted by atomic mass is 16.2. The lowest BCUT2D eigenvalue weighted by atomic mass is 10.1. The summed E-state index contributed by atoms with van der Waals surface area (Å²) in [6.07, 6.45) is 3.42. The molecular formula is C16H22N4O. The van der Waals surface area contributed by atoms with Gasteiger partial charge in [-0.1, -0.05) is 25.5 Å². The highest BCUT2D eigenvalue weighted by Crippen LogP contribution is 2.18. The minimum absolute atomic E-state index is 0.239. The Labute approximate surface area is 125 Å². The number of rotatable bonds is 5. The fraction of sp³-hybridized carbons (Fsp3) is 0.375. The van der Waals surface area contributed by atoms with E-state index in [0.29, 0.717) is 17.1 Å². The predicted octanol–water partition coefficient (Wildman–Crippen LogP) is 2.91. The molecule has 2 rings (SSSR count). The maximum atomic E-state index is 12.3. The van der Waals surface area contributed by atoms with Crippen LogP contribution in [0.4, 0.5) is 11.4 Å². The van der Waals surface area contributed by atoms with Crippen LogP contribution in [0, 0.1) is 6.92 Å². The summed E-state index contributed by atoms with van der Waals surface area (Å²) in [4.78, 5) is 12.3. The molecule has 0 unspecified atom stereocenters. The smallest absolute Gasteiger partial charge is 0.276 e. The average Bonchev–Trinajstić information content (AvgIpc) is 2.71. The molecule has 0 fully saturated rings. The van der Waals surface area contributed by atoms with Crippen molar-refractivity contribution in [2.45, 2.75) is 33.1 Å². The van der Waals surface area contributed by atoms with E-state index in [0.717, 1.165) is 12.1 Å². The summed E-state index contributed by atoms with van der Waals surface area (Å²) in [7, 11) is 1.71. The lowest BCUT2D eigenvalue weighted by Gasteiger charge is -2.07. The van der Waals surface area contributed by atoms with E-state index < -0.39 is 0 Å². The molecule has 1 aromatic carbocycles. The van der Waals surface area contributed by atoms with E-state index in [2.05, 4.69) is 17.3 Å². The van der Waals surface area contributed by atoms with Crippen LogP contribution in [0.3, 0.4) is 0 Å². The van der Waals surface area contributed by atoms with Crippen molar-refractivity contribution in [2.75, 3.05) is 11.1 Å². The third-order valence-corrected chi connectivity index (χ3v) is 3.51. The van der Waals surface area contributed by atoms with Gasteiger partial charge in [0.25, 0.3) is 5.91 Å². The van der Waals surface area contributed by atoms with E-state index in [1.165, 1.54) is 23.1 Å². The van der Waals surface area contributed by atoms with Crippen LogP contribution in [-0.2, 0) is 13.5 Å². The second-order valence-corrected chi connectivity index (χ2v) is 5.23. The van der Waals surface area contributed by atoms with Crippen molar-refractivity contribution in [3.63, 3.8) is 0 Å². The number of carbonyl (C=O) groups excluding carboxylic acids is 1. The molecule has 0 bridgehead atoms. The molecule has 1 amide bonds. The van der Waals surface area contributed by atoms with Gasteiger partial charge in [-0.05, 0) is 37.5 Å². The molecule has 112 valence electrons. The molecule has 0 radical (unpaired) electrons. The quantitative estimate of drug-likeness (QED) is 0.887. The van der Waals surface area contributed by atoms with Crippen molar-refractivity contribution in [3.8, 4) is 0 Å². The Hall–Kier alpha value is -2.30. The molecule has 21 heavy (non-hydrogen) atoms. The van der Waals surface area contributed by atoms with E-state index in [4.69, 9.17) is 5.73 Å². The summed E-state index contributed by atoms with van der Waals surface area (Å²) in [6.45, 7) is 3.96. The summed E-state index contributed by atoms with van der Waals surface area (Å²) < 4.78 is 1.51. The Balaban J connectivity index is 2.09. The van der Waals surface area contributed by atoms with Crippen LogP contribution in [0.25, 0.3) is 0 Å². The maximum absolute atomic E-state index is 12.3. The van der Waals surface area contributed by atoms with Gasteiger partial charge < -0.3 is 11.1 Å². The number of nitrogens with zero attached hydrogens (tertiary/aromatic N) is 2. The maximum Gasteiger partial charge on any atom is 0.276 e. The number of hydrogen-bond acceptors (Lipinski definition) is 3. The normalized spacial score (nSPS) is 10.6. The van der Waals surface area contributed by atoms with Gasteiger partial charge in [-0.15, -0.1) is 0 Å². The van der Waals surface area contributed by atoms with Gasteiger partial charge in [0, 0.05) is 12.7 Å². The van der Waals surface area contributed by atoms with Crippen LogP contribution in [0.2, 0.25) is 0 Å². The topological polar surface area (TPSA) is 72.9 Å². The number of amides is 1. The summed E-state index contributed by atoms with van der Waals surface area (Å²) in [5.74, 6) is -0.239. The van der Waals surface area contributed by atoms with Gasteiger partial charge in [0.15, 0.2) is 0 Å². The predicted molar refractivity (Wildman–Crippen MR) is 85.4 cm³/mol. The molecule has 1 heterocycles. The van der Waals surface area contributed by atoms with Crippen LogP contribution in [0.15, 0.2) is 24.3 Å². The number of aryl methyl sites for hydroxylation is 3. The largest absolute Gasteiger partial charge is 0.395 e. The molecule has 0 saturated carbocycles. The Morgan fingerprint density at radius 1 is 1.33 bits per heavy atom. The fourth-order valence-corrected chi connectivity index (χ4v) is 2.27. The first kappa shape index (κ1) is 15.1. The minimum Gasteiger partial charge on any atom is -0.395 e. The lowest BCUT2D eigenvalue weighted by Crippen LogP contribution is -2.17. The number of carbonyl (C=O) groups is 1. The van der Waals surface area contributed by atoms with E-state index in [9.17, 15) is 4.79 Å². The summed E-state index contributed by atoms with van der Waals surface area (Å²) in [5, 5.41) is 7.01. The van der Waals surface area contributed by atoms with E-state index in [1.54, 1.807) is 14.0 Å². The van der Waals surface area contributed by atoms with Crippen molar-refractivity contribution in [1.82, 2.24) is 9.78 Å². The van der Waals surface area contributed by atoms with Crippen LogP contribution in [0.1, 0.15) is 41.5 Å². The van der Waals surface area contributed by atoms with E-state index >= 15 is 0 Å². The number of benzene rings is 1. The fourth-order valence-electron chi connectivity index (χ4n) is 2.27. The van der Waals surface area contributed by atoms with Gasteiger partial charge in [0.05, 0.1) is 11.4 Å². The molecule has 1 aromatic heterocycles. The number of aromatic nitrogens is 2. The molecule has 0 aliphatic rings. The summed E-state index contributed by atoms with van der Waals surface area (Å²) in [6, 6.07) is 7.93. The number of nitrogen functional groups attached to an aromatic ring is 1. The van der Waals surface area contributed by atoms with Crippen molar-refractivity contribution in [2.24, 2.45) is 7.05 Å². The first-order valence-corrected chi connectivity index (χ1v) is 7.22. The highest BCUT2D eigenvalue weighted by Gasteiger charge is 2.17. The van der Waals surface area contributed by atoms with Crippen molar-refractivity contribution < 1.29 is 4.79 Å². The monoisotopic (exact) mass is 286 g/mol. The minimum atomic E-state index is -0.239. The zero-order valence-corrected chi connectivity index (χ0v) is 12.8. The lowest BCUT2D eigenvalue weighted by molar-refractivity contribution is 0.101. The molecule has 0 spiro atoms. The second kappa shape index (κ2) is 6.43. The van der Waals surface area contributed by atoms with Crippen LogP contribution >= 0.6 is 0 Å². The van der Waals surface area contributed by atoms with Crippen molar-refractivity contribution in [1.29, 1.82) is 0 Å². The molecule has 5 nitrogen and oxygen atoms in total. The Morgan fingerprint density at radius 2 is 2.00 bits per heavy atom. The SMILES string of the molecule is CCCCc1ccc(NC(=O)c2c(N)c(C)nn2C)cc1. The standard InChI is InChI=1S/C16H22N4O/c1-4-5-6-12-7-9-13(10-8-12)18-16(21)15-14(17)11(2)19-20(15)3/h7-10H,4-6,17H2,1-3H3,(H,18,21). The molecule has 0 saturated heterocycles. The third-order valence-electron chi connectivity index (χ3n) is 3.51. The first-order valence-electron chi connectivity index (χ1n) is 7.22. The average molecular weight is 286 g/mol. The highest BCUT2D eigenvalue weighted by molar-refractivity contribution is 6.06. The Morgan fingerprint density at radius 3 is 2.52 bits per heavy atom. The molecule has 0 atom stereocenters. The van der Waals surface area contributed by atoms with Gasteiger partial charge >= 0.3 is 0 Å². The number of anilines is 2. The zero-order valence-electron chi connectivity index (χ0n) is 12.8. The van der Waals surface area contributed by atoms with Crippen LogP contribution in [0.5, 0.6) is 0 Å². The van der Waals surface area contributed by atoms with Gasteiger partial charge in [-0.2, -0.15) is 5.10 Å². The molecule has 5 heteroatoms. The number of hydrogen-bond donors (Lipinski definition) is 2. The zero-order chi connectivity index (χ0) is 15.4. The van der Waals surface area contributed by atoms with Crippen LogP contribution in [-0.4, -0.2) is 15.7 Å². The first-order chi connectivity index (χ1) is 10.0. The number of nitrogens with two attached hydrogens (primary N) is 1. The van der Waals surface area contributed by atoms with Gasteiger partial charge in [0.2, 0.25) is 0 Å². The molecule has 2 aromatic rings. The van der Waals surface area contributed by atoms with Gasteiger partial charge in [0.1, 0.15) is 5.69 Å². The van der Waals surface area contributed by atoms with Gasteiger partial charge in [-0.25, -0.2) is 0 Å². The number of unbranched alkanes of at least 4 members (excludes halogenated alkanes) is 1. The van der Waals surface area contributed by atoms with Gasteiger partial charge in [-0.3, -0.25) is 9.48 Å². The molecular weight excluding hydrogens is 264 g/mol. The van der Waals surface area contributed by atoms with E-state index in [1.807, 2.05) is 24.3 Å². The van der Waals surface area contributed by atoms with Crippen molar-refractivity contribution >= 4 is 17.3 Å². The molecule has 0 aliphatic heterocycles. The van der Waals surface area contributed by atoms with E-state index in [-0.39, 0.29) is 5.91 Å². The van der Waals surface area contributed by atoms with Crippen LogP contribution < -0.4 is 11.1 Å². The summed E-state index contributed by atoms with van der Waals surface area (Å²) >= 11 is 0. The summed E-state index contributed by atoms with van der Waals surface area (Å²) in [5.41, 5.74) is 9.42. The third kappa shape index (κ3) is 3.42. The molecule has 0 aliphatic carbocycles. The Bertz CT molecular complexity index is 628.